The molecule has 0 bridgehead atoms. The Morgan fingerprint density at radius 1 is 0.453 bits per heavy atom. The summed E-state index contributed by atoms with van der Waals surface area (Å²) in [7, 11) is 0. The summed E-state index contributed by atoms with van der Waals surface area (Å²) in [5.41, 5.74) is 0. The molecule has 0 radical (unpaired) electrons. The van der Waals surface area contributed by atoms with Crippen molar-refractivity contribution in [3.8, 4) is 0 Å². The third-order valence-electron chi connectivity index (χ3n) is 11.4. The molecule has 5 heteroatoms. The van der Waals surface area contributed by atoms with Crippen LogP contribution < -0.4 is 5.32 Å². The summed E-state index contributed by atoms with van der Waals surface area (Å²) in [5, 5.41) is 33.6. The van der Waals surface area contributed by atoms with E-state index in [2.05, 4.69) is 31.3 Å². The molecule has 0 aliphatic carbocycles. The highest BCUT2D eigenvalue weighted by Gasteiger charge is 2.26. The Labute approximate surface area is 331 Å². The number of rotatable bonds is 44. The maximum Gasteiger partial charge on any atom is 0.220 e. The molecule has 0 aliphatic heterocycles. The fourth-order valence-corrected chi connectivity index (χ4v) is 7.63. The molecular weight excluding hydrogens is 655 g/mol. The number of allylic oxidation sites excluding steroid dienone is 2. The van der Waals surface area contributed by atoms with Gasteiger partial charge < -0.3 is 20.6 Å². The number of amides is 1. The van der Waals surface area contributed by atoms with Crippen LogP contribution in [0.15, 0.2) is 12.2 Å². The molecule has 5 nitrogen and oxygen atoms in total. The number of unbranched alkanes of at least 4 members (excludes halogenated alkanes) is 34. The maximum atomic E-state index is 12.4. The highest BCUT2D eigenvalue weighted by Crippen LogP contribution is 2.17. The van der Waals surface area contributed by atoms with Crippen molar-refractivity contribution in [2.45, 2.75) is 283 Å². The largest absolute Gasteiger partial charge is 0.394 e. The molecule has 0 aliphatic rings. The number of hydrogen-bond donors (Lipinski definition) is 4. The molecule has 53 heavy (non-hydrogen) atoms. The van der Waals surface area contributed by atoms with Crippen LogP contribution >= 0.6 is 0 Å². The monoisotopic (exact) mass is 750 g/mol. The van der Waals surface area contributed by atoms with Gasteiger partial charge in [0.2, 0.25) is 5.91 Å². The second kappa shape index (κ2) is 43.8. The molecule has 4 N–H and O–H groups in total. The third-order valence-corrected chi connectivity index (χ3v) is 11.4. The first kappa shape index (κ1) is 52.1. The van der Waals surface area contributed by atoms with Crippen LogP contribution in [0, 0.1) is 0 Å². The van der Waals surface area contributed by atoms with Crippen molar-refractivity contribution in [1.29, 1.82) is 0 Å². The Kier molecular flexibility index (Phi) is 43.1. The van der Waals surface area contributed by atoms with Crippen LogP contribution in [-0.4, -0.2) is 46.1 Å². The van der Waals surface area contributed by atoms with E-state index in [0.29, 0.717) is 12.8 Å². The maximum absolute atomic E-state index is 12.4. The zero-order valence-corrected chi connectivity index (χ0v) is 35.9. The van der Waals surface area contributed by atoms with E-state index in [1.807, 2.05) is 0 Å². The van der Waals surface area contributed by atoms with Crippen LogP contribution in [0.3, 0.4) is 0 Å². The third kappa shape index (κ3) is 39.1. The van der Waals surface area contributed by atoms with Gasteiger partial charge in [0, 0.05) is 6.42 Å². The van der Waals surface area contributed by atoms with Gasteiger partial charge in [-0.3, -0.25) is 4.79 Å². The first-order valence-electron chi connectivity index (χ1n) is 24.0. The van der Waals surface area contributed by atoms with Crippen LogP contribution in [-0.2, 0) is 4.79 Å². The highest BCUT2D eigenvalue weighted by molar-refractivity contribution is 5.76. The highest BCUT2D eigenvalue weighted by atomic mass is 16.3. The Balaban J connectivity index is 3.54. The molecule has 0 aromatic heterocycles. The van der Waals surface area contributed by atoms with E-state index < -0.39 is 18.2 Å². The van der Waals surface area contributed by atoms with Gasteiger partial charge in [-0.25, -0.2) is 0 Å². The van der Waals surface area contributed by atoms with Gasteiger partial charge in [0.1, 0.15) is 6.10 Å². The first-order valence-corrected chi connectivity index (χ1v) is 24.0. The van der Waals surface area contributed by atoms with E-state index in [4.69, 9.17) is 0 Å². The molecule has 1 amide bonds. The van der Waals surface area contributed by atoms with Gasteiger partial charge in [-0.15, -0.1) is 0 Å². The Bertz CT molecular complexity index is 743. The molecule has 0 fully saturated rings. The standard InChI is InChI=1S/C48H95NO4/c1-3-5-7-9-11-13-15-17-18-19-20-21-22-23-24-25-26-27-28-29-31-33-35-37-39-41-43-47(52)49-45(44-50)48(53)46(51)42-40-38-36-34-32-30-16-14-12-10-8-6-4-2/h23-24,45-46,48,50-51,53H,3-22,25-44H2,1-2H3,(H,49,52)/b24-23-. The van der Waals surface area contributed by atoms with Crippen LogP contribution in [0.4, 0.5) is 0 Å². The first-order chi connectivity index (χ1) is 26.1. The second-order valence-electron chi connectivity index (χ2n) is 16.7. The number of aliphatic hydroxyl groups is 3. The normalized spacial score (nSPS) is 13.5. The molecule has 0 aromatic carbocycles. The van der Waals surface area contributed by atoms with Crippen molar-refractivity contribution < 1.29 is 20.1 Å². The van der Waals surface area contributed by atoms with Crippen molar-refractivity contribution in [2.24, 2.45) is 0 Å². The van der Waals surface area contributed by atoms with Crippen molar-refractivity contribution in [3.05, 3.63) is 12.2 Å². The molecule has 3 atom stereocenters. The van der Waals surface area contributed by atoms with Crippen molar-refractivity contribution >= 4 is 5.91 Å². The summed E-state index contributed by atoms with van der Waals surface area (Å²) in [6, 6.07) is -0.806. The fraction of sp³-hybridized carbons (Fsp3) is 0.938. The Morgan fingerprint density at radius 3 is 1.09 bits per heavy atom. The molecule has 3 unspecified atom stereocenters. The molecule has 0 rings (SSSR count). The van der Waals surface area contributed by atoms with Crippen molar-refractivity contribution in [3.63, 3.8) is 0 Å². The molecule has 0 heterocycles. The van der Waals surface area contributed by atoms with E-state index >= 15 is 0 Å². The van der Waals surface area contributed by atoms with Gasteiger partial charge in [-0.1, -0.05) is 231 Å². The quantitative estimate of drug-likeness (QED) is 0.0369. The number of hydrogen-bond acceptors (Lipinski definition) is 4. The molecular formula is C48H95NO4. The van der Waals surface area contributed by atoms with Gasteiger partial charge >= 0.3 is 0 Å². The minimum atomic E-state index is -1.13. The lowest BCUT2D eigenvalue weighted by Gasteiger charge is -2.26. The van der Waals surface area contributed by atoms with Gasteiger partial charge in [-0.05, 0) is 38.5 Å². The fourth-order valence-electron chi connectivity index (χ4n) is 7.63. The minimum Gasteiger partial charge on any atom is -0.394 e. The average Bonchev–Trinajstić information content (AvgIpc) is 3.16. The summed E-state index contributed by atoms with van der Waals surface area (Å²) in [6.07, 6.45) is 51.9. The minimum absolute atomic E-state index is 0.143. The molecule has 0 saturated carbocycles. The van der Waals surface area contributed by atoms with E-state index in [-0.39, 0.29) is 12.5 Å². The van der Waals surface area contributed by atoms with Gasteiger partial charge in [0.15, 0.2) is 0 Å². The smallest absolute Gasteiger partial charge is 0.220 e. The lowest BCUT2D eigenvalue weighted by atomic mass is 9.99. The number of carbonyl (C=O) groups is 1. The van der Waals surface area contributed by atoms with Crippen molar-refractivity contribution in [2.75, 3.05) is 6.61 Å². The Morgan fingerprint density at radius 2 is 0.755 bits per heavy atom. The lowest BCUT2D eigenvalue weighted by Crippen LogP contribution is -2.50. The Hall–Kier alpha value is -0.910. The number of aliphatic hydroxyl groups excluding tert-OH is 3. The number of nitrogens with one attached hydrogen (secondary N) is 1. The van der Waals surface area contributed by atoms with E-state index in [1.165, 1.54) is 199 Å². The van der Waals surface area contributed by atoms with Crippen LogP contribution in [0.5, 0.6) is 0 Å². The molecule has 0 aromatic rings. The van der Waals surface area contributed by atoms with E-state index in [0.717, 1.165) is 38.5 Å². The van der Waals surface area contributed by atoms with Crippen molar-refractivity contribution in [1.82, 2.24) is 5.32 Å². The predicted molar refractivity (Wildman–Crippen MR) is 232 cm³/mol. The van der Waals surface area contributed by atoms with Gasteiger partial charge in [0.05, 0.1) is 18.8 Å². The number of carbonyl (C=O) groups excluding carboxylic acids is 1. The zero-order valence-electron chi connectivity index (χ0n) is 35.9. The van der Waals surface area contributed by atoms with Crippen LogP contribution in [0.2, 0.25) is 0 Å². The van der Waals surface area contributed by atoms with E-state index in [9.17, 15) is 20.1 Å². The zero-order chi connectivity index (χ0) is 38.7. The predicted octanol–water partition coefficient (Wildman–Crippen LogP) is 14.0. The molecule has 0 spiro atoms. The molecule has 0 saturated heterocycles. The van der Waals surface area contributed by atoms with Gasteiger partial charge in [-0.2, -0.15) is 0 Å². The summed E-state index contributed by atoms with van der Waals surface area (Å²) >= 11 is 0. The van der Waals surface area contributed by atoms with Crippen LogP contribution in [0.25, 0.3) is 0 Å². The second-order valence-corrected chi connectivity index (χ2v) is 16.7. The average molecular weight is 750 g/mol. The molecule has 316 valence electrons. The van der Waals surface area contributed by atoms with Gasteiger partial charge in [0.25, 0.3) is 0 Å². The topological polar surface area (TPSA) is 89.8 Å². The summed E-state index contributed by atoms with van der Waals surface area (Å²) in [4.78, 5) is 12.4. The lowest BCUT2D eigenvalue weighted by molar-refractivity contribution is -0.124. The van der Waals surface area contributed by atoms with E-state index in [1.54, 1.807) is 0 Å². The summed E-state index contributed by atoms with van der Waals surface area (Å²) in [5.74, 6) is -0.143. The summed E-state index contributed by atoms with van der Waals surface area (Å²) < 4.78 is 0. The van der Waals surface area contributed by atoms with Crippen LogP contribution in [0.1, 0.15) is 264 Å². The SMILES string of the molecule is CCCCCCCCCCCCCC/C=C\CCCCCCCCCCCCC(=O)NC(CO)C(O)C(O)CCCCCCCCCCCCCCC. The summed E-state index contributed by atoms with van der Waals surface area (Å²) in [6.45, 7) is 4.19.